The predicted octanol–water partition coefficient (Wildman–Crippen LogP) is 4.93. The molecule has 2 aromatic carbocycles. The summed E-state index contributed by atoms with van der Waals surface area (Å²) in [7, 11) is 0. The van der Waals surface area contributed by atoms with Crippen molar-refractivity contribution in [1.82, 2.24) is 4.90 Å². The van der Waals surface area contributed by atoms with Crippen molar-refractivity contribution < 1.29 is 14.3 Å². The predicted molar refractivity (Wildman–Crippen MR) is 125 cm³/mol. The van der Waals surface area contributed by atoms with Crippen molar-refractivity contribution in [1.29, 1.82) is 0 Å². The lowest BCUT2D eigenvalue weighted by Crippen LogP contribution is -2.31. The van der Waals surface area contributed by atoms with Crippen molar-refractivity contribution in [2.24, 2.45) is 0 Å². The van der Waals surface area contributed by atoms with E-state index in [0.717, 1.165) is 43.8 Å². The number of anilines is 2. The third-order valence-electron chi connectivity index (χ3n) is 5.53. The number of benzene rings is 2. The van der Waals surface area contributed by atoms with E-state index < -0.39 is 0 Å². The molecule has 3 rings (SSSR count). The number of nitrogens with one attached hydrogen (secondary N) is 2. The van der Waals surface area contributed by atoms with Crippen molar-refractivity contribution >= 4 is 23.2 Å². The molecule has 0 saturated carbocycles. The maximum atomic E-state index is 12.7. The molecule has 1 saturated heterocycles. The number of hydrogen-bond acceptors (Lipinski definition) is 4. The summed E-state index contributed by atoms with van der Waals surface area (Å²) < 4.78 is 5.76. The van der Waals surface area contributed by atoms with Gasteiger partial charge in [0, 0.05) is 30.0 Å². The van der Waals surface area contributed by atoms with Gasteiger partial charge in [0.1, 0.15) is 5.75 Å². The van der Waals surface area contributed by atoms with E-state index in [9.17, 15) is 9.59 Å². The summed E-state index contributed by atoms with van der Waals surface area (Å²) in [5, 5.41) is 5.97. The Morgan fingerprint density at radius 1 is 0.935 bits per heavy atom. The smallest absolute Gasteiger partial charge is 0.253 e. The van der Waals surface area contributed by atoms with Gasteiger partial charge >= 0.3 is 0 Å². The topological polar surface area (TPSA) is 70.7 Å². The highest BCUT2D eigenvalue weighted by atomic mass is 16.5. The summed E-state index contributed by atoms with van der Waals surface area (Å²) in [6, 6.07) is 14.7. The van der Waals surface area contributed by atoms with Crippen LogP contribution in [0.25, 0.3) is 0 Å². The van der Waals surface area contributed by atoms with Gasteiger partial charge in [-0.05, 0) is 74.7 Å². The summed E-state index contributed by atoms with van der Waals surface area (Å²) in [5.74, 6) is 0.743. The first kappa shape index (κ1) is 22.7. The number of likely N-dealkylation sites (tertiary alicyclic amines) is 1. The second kappa shape index (κ2) is 11.4. The van der Waals surface area contributed by atoms with Gasteiger partial charge in [0.2, 0.25) is 5.91 Å². The van der Waals surface area contributed by atoms with E-state index in [1.165, 1.54) is 12.8 Å². The quantitative estimate of drug-likeness (QED) is 0.632. The zero-order chi connectivity index (χ0) is 22.1. The molecule has 0 aromatic heterocycles. The molecule has 1 aliphatic heterocycles. The number of rotatable bonds is 8. The van der Waals surface area contributed by atoms with E-state index in [4.69, 9.17) is 4.74 Å². The summed E-state index contributed by atoms with van der Waals surface area (Å²) in [5.41, 5.74) is 2.19. The molecule has 1 fully saturated rings. The fourth-order valence-electron chi connectivity index (χ4n) is 3.51. The zero-order valence-corrected chi connectivity index (χ0v) is 18.5. The Hall–Kier alpha value is -3.02. The van der Waals surface area contributed by atoms with Crippen LogP contribution in [0.2, 0.25) is 0 Å². The van der Waals surface area contributed by atoms with Crippen LogP contribution in [-0.2, 0) is 4.79 Å². The minimum absolute atomic E-state index is 0.0715. The van der Waals surface area contributed by atoms with Crippen molar-refractivity contribution in [3.8, 4) is 5.75 Å². The molecule has 1 heterocycles. The van der Waals surface area contributed by atoms with Crippen LogP contribution in [0.15, 0.2) is 48.5 Å². The van der Waals surface area contributed by atoms with Crippen LogP contribution in [0, 0.1) is 0 Å². The number of nitrogens with zero attached hydrogens (tertiary/aromatic N) is 1. The maximum absolute atomic E-state index is 12.7. The van der Waals surface area contributed by atoms with Gasteiger partial charge in [-0.2, -0.15) is 0 Å². The third kappa shape index (κ3) is 7.02. The Kier molecular flexibility index (Phi) is 8.33. The maximum Gasteiger partial charge on any atom is 0.253 e. The number of carbonyl (C=O) groups excluding carboxylic acids is 2. The highest BCUT2D eigenvalue weighted by molar-refractivity contribution is 5.96. The molecule has 2 aromatic rings. The number of hydrogen-bond donors (Lipinski definition) is 2. The summed E-state index contributed by atoms with van der Waals surface area (Å²) in [6.07, 6.45) is 5.65. The Morgan fingerprint density at radius 3 is 2.16 bits per heavy atom. The Balaban J connectivity index is 1.46. The molecule has 1 atom stereocenters. The molecule has 1 aliphatic rings. The van der Waals surface area contributed by atoms with Crippen molar-refractivity contribution in [2.45, 2.75) is 52.1 Å². The number of amides is 2. The third-order valence-corrected chi connectivity index (χ3v) is 5.53. The van der Waals surface area contributed by atoms with E-state index in [1.54, 1.807) is 24.3 Å². The summed E-state index contributed by atoms with van der Waals surface area (Å²) in [4.78, 5) is 26.9. The SMILES string of the molecule is CCC(C)Oc1ccc(NCC(=O)Nc2ccc(C(=O)N3CCCCCC3)cc2)cc1. The van der Waals surface area contributed by atoms with Gasteiger partial charge in [0.05, 0.1) is 12.6 Å². The molecule has 31 heavy (non-hydrogen) atoms. The van der Waals surface area contributed by atoms with E-state index in [-0.39, 0.29) is 24.5 Å². The molecule has 2 N–H and O–H groups in total. The van der Waals surface area contributed by atoms with Gasteiger partial charge in [-0.25, -0.2) is 0 Å². The first-order chi connectivity index (χ1) is 15.0. The molecule has 1 unspecified atom stereocenters. The van der Waals surface area contributed by atoms with E-state index in [1.807, 2.05) is 36.1 Å². The largest absolute Gasteiger partial charge is 0.491 e. The van der Waals surface area contributed by atoms with Gasteiger partial charge in [-0.3, -0.25) is 9.59 Å². The van der Waals surface area contributed by atoms with Crippen LogP contribution in [-0.4, -0.2) is 42.5 Å². The first-order valence-corrected chi connectivity index (χ1v) is 11.2. The average molecular weight is 424 g/mol. The summed E-state index contributed by atoms with van der Waals surface area (Å²) in [6.45, 7) is 5.93. The minimum Gasteiger partial charge on any atom is -0.491 e. The van der Waals surface area contributed by atoms with Crippen LogP contribution >= 0.6 is 0 Å². The van der Waals surface area contributed by atoms with E-state index >= 15 is 0 Å². The standard InChI is InChI=1S/C25H33N3O3/c1-3-19(2)31-23-14-12-21(13-15-23)26-18-24(29)27-22-10-8-20(9-11-22)25(30)28-16-6-4-5-7-17-28/h8-15,19,26H,3-7,16-18H2,1-2H3,(H,27,29). The highest BCUT2D eigenvalue weighted by Gasteiger charge is 2.17. The molecule has 0 radical (unpaired) electrons. The molecule has 0 aliphatic carbocycles. The van der Waals surface area contributed by atoms with Gasteiger partial charge in [0.25, 0.3) is 5.91 Å². The lowest BCUT2D eigenvalue weighted by Gasteiger charge is -2.20. The Labute approximate surface area is 185 Å². The monoisotopic (exact) mass is 423 g/mol. The van der Waals surface area contributed by atoms with Gasteiger partial charge in [-0.1, -0.05) is 19.8 Å². The number of carbonyl (C=O) groups is 2. The van der Waals surface area contributed by atoms with E-state index in [2.05, 4.69) is 17.6 Å². The van der Waals surface area contributed by atoms with Crippen LogP contribution < -0.4 is 15.4 Å². The van der Waals surface area contributed by atoms with Crippen LogP contribution in [0.1, 0.15) is 56.3 Å². The van der Waals surface area contributed by atoms with Crippen LogP contribution in [0.3, 0.4) is 0 Å². The van der Waals surface area contributed by atoms with Crippen molar-refractivity contribution in [2.75, 3.05) is 30.3 Å². The molecule has 2 amide bonds. The van der Waals surface area contributed by atoms with Gasteiger partial charge in [-0.15, -0.1) is 0 Å². The Morgan fingerprint density at radius 2 is 1.55 bits per heavy atom. The molecule has 0 spiro atoms. The van der Waals surface area contributed by atoms with Crippen LogP contribution in [0.5, 0.6) is 5.75 Å². The fraction of sp³-hybridized carbons (Fsp3) is 0.440. The van der Waals surface area contributed by atoms with E-state index in [0.29, 0.717) is 11.3 Å². The lowest BCUT2D eigenvalue weighted by atomic mass is 10.1. The highest BCUT2D eigenvalue weighted by Crippen LogP contribution is 2.18. The van der Waals surface area contributed by atoms with Crippen molar-refractivity contribution in [3.05, 3.63) is 54.1 Å². The average Bonchev–Trinajstić information content (AvgIpc) is 3.08. The van der Waals surface area contributed by atoms with Crippen molar-refractivity contribution in [3.63, 3.8) is 0 Å². The summed E-state index contributed by atoms with van der Waals surface area (Å²) >= 11 is 0. The molecule has 6 heteroatoms. The molecule has 0 bridgehead atoms. The molecular weight excluding hydrogens is 390 g/mol. The first-order valence-electron chi connectivity index (χ1n) is 11.2. The lowest BCUT2D eigenvalue weighted by molar-refractivity contribution is -0.114. The van der Waals surface area contributed by atoms with Gasteiger partial charge in [0.15, 0.2) is 0 Å². The normalized spacial score (nSPS) is 15.0. The molecular formula is C25H33N3O3. The molecule has 166 valence electrons. The second-order valence-corrected chi connectivity index (χ2v) is 8.05. The van der Waals surface area contributed by atoms with Gasteiger partial charge < -0.3 is 20.3 Å². The zero-order valence-electron chi connectivity index (χ0n) is 18.5. The Bertz CT molecular complexity index is 841. The minimum atomic E-state index is -0.147. The fourth-order valence-corrected chi connectivity index (χ4v) is 3.51. The molecule has 6 nitrogen and oxygen atoms in total. The number of ether oxygens (including phenoxy) is 1. The second-order valence-electron chi connectivity index (χ2n) is 8.05. The van der Waals surface area contributed by atoms with Crippen LogP contribution in [0.4, 0.5) is 11.4 Å².